The number of rotatable bonds is 10. The van der Waals surface area contributed by atoms with Crippen molar-refractivity contribution in [1.29, 1.82) is 0 Å². The molecule has 0 saturated carbocycles. The second kappa shape index (κ2) is 9.13. The van der Waals surface area contributed by atoms with Crippen molar-refractivity contribution in [3.8, 4) is 0 Å². The molecule has 0 fully saturated rings. The van der Waals surface area contributed by atoms with Crippen LogP contribution in [0.15, 0.2) is 4.52 Å². The highest BCUT2D eigenvalue weighted by atomic mass is 16.5. The lowest BCUT2D eigenvalue weighted by atomic mass is 10.1. The summed E-state index contributed by atoms with van der Waals surface area (Å²) in [5.74, 6) is 1.49. The largest absolute Gasteiger partial charge is 0.381 e. The summed E-state index contributed by atoms with van der Waals surface area (Å²) in [5, 5.41) is 3.92. The minimum Gasteiger partial charge on any atom is -0.381 e. The minimum absolute atomic E-state index is 0.659. The number of hydrogen-bond acceptors (Lipinski definition) is 5. The Hall–Kier alpha value is -0.940. The van der Waals surface area contributed by atoms with Gasteiger partial charge in [-0.1, -0.05) is 18.0 Å². The van der Waals surface area contributed by atoms with E-state index in [2.05, 4.69) is 10.1 Å². The molecule has 98 valence electrons. The maximum Gasteiger partial charge on any atom is 0.226 e. The molecule has 5 nitrogen and oxygen atoms in total. The van der Waals surface area contributed by atoms with Crippen LogP contribution >= 0.6 is 0 Å². The van der Waals surface area contributed by atoms with Gasteiger partial charge in [-0.3, -0.25) is 0 Å². The fourth-order valence-electron chi connectivity index (χ4n) is 1.58. The Balaban J connectivity index is 2.12. The molecule has 0 aliphatic rings. The van der Waals surface area contributed by atoms with Crippen molar-refractivity contribution in [1.82, 2.24) is 10.1 Å². The lowest BCUT2D eigenvalue weighted by Crippen LogP contribution is -1.99. The van der Waals surface area contributed by atoms with Crippen LogP contribution in [0.3, 0.4) is 0 Å². The molecule has 0 bridgehead atoms. The highest BCUT2D eigenvalue weighted by Gasteiger charge is 2.05. The van der Waals surface area contributed by atoms with Gasteiger partial charge in [-0.15, -0.1) is 0 Å². The number of ether oxygens (including phenoxy) is 1. The summed E-state index contributed by atoms with van der Waals surface area (Å²) in [6.45, 7) is 4.14. The molecule has 1 heterocycles. The third-order valence-corrected chi connectivity index (χ3v) is 2.53. The van der Waals surface area contributed by atoms with Gasteiger partial charge in [-0.05, 0) is 26.3 Å². The van der Waals surface area contributed by atoms with Crippen LogP contribution < -0.4 is 5.73 Å². The molecule has 1 aromatic rings. The Kier molecular flexibility index (Phi) is 7.58. The lowest BCUT2D eigenvalue weighted by molar-refractivity contribution is 0.149. The first-order chi connectivity index (χ1) is 8.36. The zero-order valence-corrected chi connectivity index (χ0v) is 10.7. The van der Waals surface area contributed by atoms with Gasteiger partial charge in [0.1, 0.15) is 0 Å². The molecule has 5 heteroatoms. The van der Waals surface area contributed by atoms with Crippen molar-refractivity contribution < 1.29 is 9.26 Å². The molecule has 0 unspecified atom stereocenters. The summed E-state index contributed by atoms with van der Waals surface area (Å²) in [7, 11) is 0. The number of unbranched alkanes of at least 4 members (excludes halogenated alkanes) is 3. The maximum atomic E-state index is 5.43. The van der Waals surface area contributed by atoms with Crippen molar-refractivity contribution in [2.45, 2.75) is 45.4 Å². The molecule has 0 aliphatic heterocycles. The average molecular weight is 241 g/mol. The van der Waals surface area contributed by atoms with Crippen LogP contribution in [0.2, 0.25) is 0 Å². The zero-order valence-electron chi connectivity index (χ0n) is 10.7. The summed E-state index contributed by atoms with van der Waals surface area (Å²) in [6, 6.07) is 0. The van der Waals surface area contributed by atoms with Crippen molar-refractivity contribution in [2.24, 2.45) is 5.73 Å². The van der Waals surface area contributed by atoms with Gasteiger partial charge < -0.3 is 15.0 Å². The van der Waals surface area contributed by atoms with E-state index in [1.54, 1.807) is 0 Å². The second-order valence-corrected chi connectivity index (χ2v) is 4.00. The number of nitrogens with two attached hydrogens (primary N) is 1. The standard InChI is InChI=1S/C12H23N3O2/c1-2-16-10-8-11-14-12(17-15-11)7-5-3-4-6-9-13/h2-10,13H2,1H3. The van der Waals surface area contributed by atoms with Gasteiger partial charge in [-0.2, -0.15) is 4.98 Å². The Labute approximate surface area is 103 Å². The van der Waals surface area contributed by atoms with Crippen molar-refractivity contribution in [2.75, 3.05) is 19.8 Å². The smallest absolute Gasteiger partial charge is 0.226 e. The van der Waals surface area contributed by atoms with E-state index >= 15 is 0 Å². The third kappa shape index (κ3) is 6.38. The van der Waals surface area contributed by atoms with E-state index in [9.17, 15) is 0 Å². The first-order valence-electron chi connectivity index (χ1n) is 6.46. The molecule has 0 saturated heterocycles. The van der Waals surface area contributed by atoms with Gasteiger partial charge in [0.05, 0.1) is 6.61 Å². The van der Waals surface area contributed by atoms with Gasteiger partial charge in [0.2, 0.25) is 5.89 Å². The summed E-state index contributed by atoms with van der Waals surface area (Å²) < 4.78 is 10.4. The van der Waals surface area contributed by atoms with E-state index in [0.29, 0.717) is 6.61 Å². The van der Waals surface area contributed by atoms with Crippen LogP contribution in [0.4, 0.5) is 0 Å². The lowest BCUT2D eigenvalue weighted by Gasteiger charge is -1.96. The van der Waals surface area contributed by atoms with E-state index in [0.717, 1.165) is 50.6 Å². The Morgan fingerprint density at radius 2 is 2.00 bits per heavy atom. The van der Waals surface area contributed by atoms with Crippen molar-refractivity contribution in [3.05, 3.63) is 11.7 Å². The highest BCUT2D eigenvalue weighted by Crippen LogP contribution is 2.06. The first kappa shape index (κ1) is 14.1. The molecule has 1 aromatic heterocycles. The van der Waals surface area contributed by atoms with E-state index in [1.807, 2.05) is 6.92 Å². The van der Waals surface area contributed by atoms with Gasteiger partial charge in [-0.25, -0.2) is 0 Å². The van der Waals surface area contributed by atoms with Crippen molar-refractivity contribution in [3.63, 3.8) is 0 Å². The molecular formula is C12H23N3O2. The van der Waals surface area contributed by atoms with E-state index in [4.69, 9.17) is 15.0 Å². The predicted octanol–water partition coefficient (Wildman–Crippen LogP) is 1.71. The van der Waals surface area contributed by atoms with Gasteiger partial charge in [0.15, 0.2) is 5.82 Å². The molecule has 0 aromatic carbocycles. The molecule has 1 rings (SSSR count). The first-order valence-corrected chi connectivity index (χ1v) is 6.46. The van der Waals surface area contributed by atoms with Crippen LogP contribution in [0.5, 0.6) is 0 Å². The SMILES string of the molecule is CCOCCc1noc(CCCCCCN)n1. The van der Waals surface area contributed by atoms with Crippen LogP contribution in [0.25, 0.3) is 0 Å². The molecule has 0 aliphatic carbocycles. The summed E-state index contributed by atoms with van der Waals surface area (Å²) in [5.41, 5.74) is 5.43. The average Bonchev–Trinajstić information content (AvgIpc) is 2.77. The van der Waals surface area contributed by atoms with Crippen LogP contribution in [0, 0.1) is 0 Å². The summed E-state index contributed by atoms with van der Waals surface area (Å²) >= 11 is 0. The number of aromatic nitrogens is 2. The Morgan fingerprint density at radius 3 is 2.76 bits per heavy atom. The molecule has 2 N–H and O–H groups in total. The monoisotopic (exact) mass is 241 g/mol. The molecule has 0 spiro atoms. The molecule has 0 atom stereocenters. The quantitative estimate of drug-likeness (QED) is 0.631. The third-order valence-electron chi connectivity index (χ3n) is 2.53. The fraction of sp³-hybridized carbons (Fsp3) is 0.833. The van der Waals surface area contributed by atoms with E-state index in [-0.39, 0.29) is 0 Å². The molecular weight excluding hydrogens is 218 g/mol. The Bertz CT molecular complexity index is 289. The minimum atomic E-state index is 0.659. The van der Waals surface area contributed by atoms with Crippen LogP contribution in [-0.4, -0.2) is 29.9 Å². The van der Waals surface area contributed by atoms with E-state index in [1.165, 1.54) is 12.8 Å². The van der Waals surface area contributed by atoms with Crippen LogP contribution in [-0.2, 0) is 17.6 Å². The van der Waals surface area contributed by atoms with Gasteiger partial charge >= 0.3 is 0 Å². The van der Waals surface area contributed by atoms with Gasteiger partial charge in [0.25, 0.3) is 0 Å². The predicted molar refractivity (Wildman–Crippen MR) is 65.7 cm³/mol. The van der Waals surface area contributed by atoms with E-state index < -0.39 is 0 Å². The maximum absolute atomic E-state index is 5.43. The fourth-order valence-corrected chi connectivity index (χ4v) is 1.58. The van der Waals surface area contributed by atoms with Crippen LogP contribution in [0.1, 0.15) is 44.3 Å². The second-order valence-electron chi connectivity index (χ2n) is 4.00. The molecule has 0 amide bonds. The highest BCUT2D eigenvalue weighted by molar-refractivity contribution is 4.86. The topological polar surface area (TPSA) is 74.2 Å². The normalized spacial score (nSPS) is 10.9. The number of nitrogens with zero attached hydrogens (tertiary/aromatic N) is 2. The summed E-state index contributed by atoms with van der Waals surface area (Å²) in [6.07, 6.45) is 6.14. The van der Waals surface area contributed by atoms with Gasteiger partial charge in [0, 0.05) is 19.4 Å². The Morgan fingerprint density at radius 1 is 1.18 bits per heavy atom. The molecule has 0 radical (unpaired) electrons. The number of hydrogen-bond donors (Lipinski definition) is 1. The molecule has 17 heavy (non-hydrogen) atoms. The summed E-state index contributed by atoms with van der Waals surface area (Å²) in [4.78, 5) is 4.32. The number of aryl methyl sites for hydroxylation is 1. The zero-order chi connectivity index (χ0) is 12.3. The van der Waals surface area contributed by atoms with Crippen molar-refractivity contribution >= 4 is 0 Å².